The highest BCUT2D eigenvalue weighted by Gasteiger charge is 2.25. The number of nitro groups is 1. The van der Waals surface area contributed by atoms with Crippen molar-refractivity contribution in [2.45, 2.75) is 25.8 Å². The van der Waals surface area contributed by atoms with Crippen LogP contribution in [0.2, 0.25) is 0 Å². The molecular weight excluding hydrogens is 248 g/mol. The maximum Gasteiger partial charge on any atom is 0.309 e. The van der Waals surface area contributed by atoms with E-state index in [0.29, 0.717) is 5.69 Å². The molecule has 0 unspecified atom stereocenters. The number of methoxy groups -OCH3 is 1. The summed E-state index contributed by atoms with van der Waals surface area (Å²) in [5.41, 5.74) is 0.766. The van der Waals surface area contributed by atoms with Gasteiger partial charge in [0.15, 0.2) is 0 Å². The Kier molecular flexibility index (Phi) is 4.49. The van der Waals surface area contributed by atoms with Crippen LogP contribution in [-0.4, -0.2) is 53.0 Å². The number of ether oxygens (including phenoxy) is 1. The number of rotatable bonds is 5. The van der Waals surface area contributed by atoms with E-state index in [1.54, 1.807) is 14.0 Å². The summed E-state index contributed by atoms with van der Waals surface area (Å²) in [6.45, 7) is 5.43. The molecule has 1 saturated heterocycles. The Morgan fingerprint density at radius 3 is 2.74 bits per heavy atom. The van der Waals surface area contributed by atoms with Gasteiger partial charge in [-0.1, -0.05) is 0 Å². The summed E-state index contributed by atoms with van der Waals surface area (Å²) in [6, 6.07) is 0.271. The molecule has 1 aromatic heterocycles. The van der Waals surface area contributed by atoms with Gasteiger partial charge < -0.3 is 9.64 Å². The van der Waals surface area contributed by atoms with Crippen molar-refractivity contribution >= 4 is 5.69 Å². The van der Waals surface area contributed by atoms with Gasteiger partial charge in [0.1, 0.15) is 11.9 Å². The standard InChI is InChI=1S/C12H20N4O3/c1-10-12(16(17)18)9-13-15(10)11-3-5-14(6-4-11)7-8-19-2/h9,11H,3-8H2,1-2H3. The first-order valence-corrected chi connectivity index (χ1v) is 6.53. The number of piperidine rings is 1. The maximum atomic E-state index is 10.8. The van der Waals surface area contributed by atoms with E-state index in [9.17, 15) is 10.1 Å². The molecule has 0 aliphatic carbocycles. The highest BCUT2D eigenvalue weighted by Crippen LogP contribution is 2.26. The van der Waals surface area contributed by atoms with Crippen LogP contribution in [0.1, 0.15) is 24.6 Å². The van der Waals surface area contributed by atoms with Crippen LogP contribution < -0.4 is 0 Å². The van der Waals surface area contributed by atoms with Gasteiger partial charge in [0.2, 0.25) is 0 Å². The van der Waals surface area contributed by atoms with Gasteiger partial charge in [0.05, 0.1) is 17.6 Å². The molecule has 106 valence electrons. The van der Waals surface area contributed by atoms with Gasteiger partial charge in [-0.05, 0) is 19.8 Å². The fraction of sp³-hybridized carbons (Fsp3) is 0.750. The van der Waals surface area contributed by atoms with Crippen LogP contribution in [0.25, 0.3) is 0 Å². The summed E-state index contributed by atoms with van der Waals surface area (Å²) < 4.78 is 6.88. The van der Waals surface area contributed by atoms with E-state index >= 15 is 0 Å². The average molecular weight is 268 g/mol. The highest BCUT2D eigenvalue weighted by atomic mass is 16.6. The lowest BCUT2D eigenvalue weighted by molar-refractivity contribution is -0.385. The minimum atomic E-state index is -0.369. The molecular formula is C12H20N4O3. The fourth-order valence-electron chi connectivity index (χ4n) is 2.57. The summed E-state index contributed by atoms with van der Waals surface area (Å²) in [6.07, 6.45) is 3.30. The van der Waals surface area contributed by atoms with Crippen LogP contribution in [0.5, 0.6) is 0 Å². The number of hydrogen-bond acceptors (Lipinski definition) is 5. The quantitative estimate of drug-likeness (QED) is 0.596. The van der Waals surface area contributed by atoms with E-state index in [1.807, 2.05) is 4.68 Å². The Morgan fingerprint density at radius 2 is 2.21 bits per heavy atom. The summed E-state index contributed by atoms with van der Waals surface area (Å²) in [4.78, 5) is 12.8. The predicted octanol–water partition coefficient (Wildman–Crippen LogP) is 1.38. The lowest BCUT2D eigenvalue weighted by Crippen LogP contribution is -2.37. The first-order chi connectivity index (χ1) is 9.13. The molecule has 7 heteroatoms. The highest BCUT2D eigenvalue weighted by molar-refractivity contribution is 5.31. The van der Waals surface area contributed by atoms with Crippen molar-refractivity contribution in [3.05, 3.63) is 22.0 Å². The molecule has 1 fully saturated rings. The van der Waals surface area contributed by atoms with Crippen molar-refractivity contribution < 1.29 is 9.66 Å². The molecule has 2 heterocycles. The monoisotopic (exact) mass is 268 g/mol. The predicted molar refractivity (Wildman–Crippen MR) is 70.2 cm³/mol. The molecule has 1 aliphatic heterocycles. The van der Waals surface area contributed by atoms with Gasteiger partial charge in [0.25, 0.3) is 0 Å². The zero-order valence-electron chi connectivity index (χ0n) is 11.4. The first kappa shape index (κ1) is 14.0. The van der Waals surface area contributed by atoms with E-state index in [2.05, 4.69) is 10.00 Å². The normalized spacial score (nSPS) is 17.8. The van der Waals surface area contributed by atoms with Crippen LogP contribution >= 0.6 is 0 Å². The third kappa shape index (κ3) is 3.10. The summed E-state index contributed by atoms with van der Waals surface area (Å²) in [7, 11) is 1.71. The van der Waals surface area contributed by atoms with Crippen molar-refractivity contribution in [1.82, 2.24) is 14.7 Å². The number of aromatic nitrogens is 2. The minimum absolute atomic E-state index is 0.113. The zero-order chi connectivity index (χ0) is 13.8. The Labute approximate surface area is 112 Å². The topological polar surface area (TPSA) is 73.4 Å². The van der Waals surface area contributed by atoms with Crippen LogP contribution in [0, 0.1) is 17.0 Å². The largest absolute Gasteiger partial charge is 0.383 e. The molecule has 0 atom stereocenters. The number of hydrogen-bond donors (Lipinski definition) is 0. The molecule has 0 aromatic carbocycles. The van der Waals surface area contributed by atoms with E-state index in [4.69, 9.17) is 4.74 Å². The molecule has 0 N–H and O–H groups in total. The van der Waals surface area contributed by atoms with Crippen molar-refractivity contribution in [3.8, 4) is 0 Å². The van der Waals surface area contributed by atoms with Crippen molar-refractivity contribution in [2.75, 3.05) is 33.4 Å². The van der Waals surface area contributed by atoms with Crippen LogP contribution in [0.4, 0.5) is 5.69 Å². The van der Waals surface area contributed by atoms with E-state index in [-0.39, 0.29) is 16.7 Å². The molecule has 0 amide bonds. The molecule has 0 saturated carbocycles. The molecule has 0 spiro atoms. The van der Waals surface area contributed by atoms with E-state index < -0.39 is 0 Å². The molecule has 7 nitrogen and oxygen atoms in total. The van der Waals surface area contributed by atoms with Gasteiger partial charge in [-0.2, -0.15) is 5.10 Å². The minimum Gasteiger partial charge on any atom is -0.383 e. The van der Waals surface area contributed by atoms with Crippen LogP contribution in [0.15, 0.2) is 6.20 Å². The zero-order valence-corrected chi connectivity index (χ0v) is 11.4. The second-order valence-electron chi connectivity index (χ2n) is 4.88. The smallest absolute Gasteiger partial charge is 0.309 e. The lowest BCUT2D eigenvalue weighted by Gasteiger charge is -2.32. The van der Waals surface area contributed by atoms with Crippen molar-refractivity contribution in [1.29, 1.82) is 0 Å². The Hall–Kier alpha value is -1.47. The number of likely N-dealkylation sites (tertiary alicyclic amines) is 1. The van der Waals surface area contributed by atoms with Gasteiger partial charge >= 0.3 is 5.69 Å². The lowest BCUT2D eigenvalue weighted by atomic mass is 10.1. The van der Waals surface area contributed by atoms with Gasteiger partial charge in [-0.25, -0.2) is 0 Å². The van der Waals surface area contributed by atoms with Gasteiger partial charge in [-0.3, -0.25) is 14.8 Å². The number of nitrogens with zero attached hydrogens (tertiary/aromatic N) is 4. The van der Waals surface area contributed by atoms with Crippen LogP contribution in [0.3, 0.4) is 0 Å². The Bertz CT molecular complexity index is 438. The first-order valence-electron chi connectivity index (χ1n) is 6.53. The van der Waals surface area contributed by atoms with Gasteiger partial charge in [-0.15, -0.1) is 0 Å². The molecule has 1 aromatic rings. The van der Waals surface area contributed by atoms with Crippen molar-refractivity contribution in [2.24, 2.45) is 0 Å². The second-order valence-corrected chi connectivity index (χ2v) is 4.88. The maximum absolute atomic E-state index is 10.8. The summed E-state index contributed by atoms with van der Waals surface area (Å²) >= 11 is 0. The fourth-order valence-corrected chi connectivity index (χ4v) is 2.57. The van der Waals surface area contributed by atoms with Crippen LogP contribution in [-0.2, 0) is 4.74 Å². The van der Waals surface area contributed by atoms with Crippen molar-refractivity contribution in [3.63, 3.8) is 0 Å². The summed E-state index contributed by atoms with van der Waals surface area (Å²) in [5.74, 6) is 0. The molecule has 0 radical (unpaired) electrons. The molecule has 1 aliphatic rings. The van der Waals surface area contributed by atoms with E-state index in [1.165, 1.54) is 6.20 Å². The van der Waals surface area contributed by atoms with Gasteiger partial charge in [0, 0.05) is 26.7 Å². The molecule has 2 rings (SSSR count). The third-order valence-electron chi connectivity index (χ3n) is 3.73. The molecule has 0 bridgehead atoms. The molecule has 19 heavy (non-hydrogen) atoms. The average Bonchev–Trinajstić information content (AvgIpc) is 2.79. The SMILES string of the molecule is COCCN1CCC(n2ncc([N+](=O)[O-])c2C)CC1. The van der Waals surface area contributed by atoms with E-state index in [0.717, 1.165) is 39.1 Å². The Morgan fingerprint density at radius 1 is 1.53 bits per heavy atom. The second kappa shape index (κ2) is 6.12. The third-order valence-corrected chi connectivity index (χ3v) is 3.73. The summed E-state index contributed by atoms with van der Waals surface area (Å²) in [5, 5.41) is 15.0. The Balaban J connectivity index is 1.96.